The van der Waals surface area contributed by atoms with E-state index in [0.29, 0.717) is 4.47 Å². The van der Waals surface area contributed by atoms with Gasteiger partial charge in [-0.1, -0.05) is 0 Å². The Kier molecular flexibility index (Phi) is 4.73. The van der Waals surface area contributed by atoms with E-state index in [-0.39, 0.29) is 5.56 Å². The van der Waals surface area contributed by atoms with Crippen molar-refractivity contribution in [2.24, 2.45) is 0 Å². The second-order valence-corrected chi connectivity index (χ2v) is 5.29. The number of anilines is 1. The first-order valence-electron chi connectivity index (χ1n) is 6.05. The van der Waals surface area contributed by atoms with Crippen LogP contribution in [0.5, 0.6) is 0 Å². The number of halogens is 1. The molecule has 0 bridgehead atoms. The lowest BCUT2D eigenvalue weighted by molar-refractivity contribution is 0.158. The zero-order valence-corrected chi connectivity index (χ0v) is 12.0. The molecule has 1 aromatic heterocycles. The highest BCUT2D eigenvalue weighted by Crippen LogP contribution is 2.14. The summed E-state index contributed by atoms with van der Waals surface area (Å²) in [7, 11) is 2.15. The van der Waals surface area contributed by atoms with Crippen LogP contribution >= 0.6 is 15.9 Å². The summed E-state index contributed by atoms with van der Waals surface area (Å²) in [5, 5.41) is 9.37. The molecule has 1 aliphatic rings. The van der Waals surface area contributed by atoms with Gasteiger partial charge in [0.2, 0.25) is 0 Å². The van der Waals surface area contributed by atoms with E-state index in [1.807, 2.05) is 0 Å². The molecule has 1 aliphatic heterocycles. The lowest BCUT2D eigenvalue weighted by Gasteiger charge is -2.32. The zero-order valence-electron chi connectivity index (χ0n) is 10.4. The van der Waals surface area contributed by atoms with Crippen molar-refractivity contribution in [3.05, 3.63) is 21.0 Å². The maximum Gasteiger partial charge on any atom is 0.280 e. The number of aromatic amines is 1. The molecule has 0 saturated carbocycles. The SMILES string of the molecule is CN1CCN(CCNc2cn[nH]c(=O)c2Br)CC1. The molecule has 1 saturated heterocycles. The number of aromatic nitrogens is 2. The summed E-state index contributed by atoms with van der Waals surface area (Å²) < 4.78 is 0.510. The Balaban J connectivity index is 1.78. The predicted octanol–water partition coefficient (Wildman–Crippen LogP) is 0.192. The van der Waals surface area contributed by atoms with Gasteiger partial charge in [-0.2, -0.15) is 5.10 Å². The van der Waals surface area contributed by atoms with Crippen LogP contribution in [0.3, 0.4) is 0 Å². The maximum absolute atomic E-state index is 11.3. The molecule has 0 aliphatic carbocycles. The van der Waals surface area contributed by atoms with Crippen molar-refractivity contribution >= 4 is 21.6 Å². The zero-order chi connectivity index (χ0) is 13.0. The highest BCUT2D eigenvalue weighted by Gasteiger charge is 2.13. The van der Waals surface area contributed by atoms with Crippen LogP contribution in [0.2, 0.25) is 0 Å². The normalized spacial score (nSPS) is 17.9. The fraction of sp³-hybridized carbons (Fsp3) is 0.636. The van der Waals surface area contributed by atoms with Crippen LogP contribution in [-0.2, 0) is 0 Å². The van der Waals surface area contributed by atoms with Gasteiger partial charge in [-0.05, 0) is 23.0 Å². The third-order valence-electron chi connectivity index (χ3n) is 3.13. The fourth-order valence-corrected chi connectivity index (χ4v) is 2.26. The van der Waals surface area contributed by atoms with Gasteiger partial charge in [-0.15, -0.1) is 0 Å². The molecule has 18 heavy (non-hydrogen) atoms. The largest absolute Gasteiger partial charge is 0.381 e. The topological polar surface area (TPSA) is 64.3 Å². The highest BCUT2D eigenvalue weighted by molar-refractivity contribution is 9.10. The Bertz CT molecular complexity index is 441. The highest BCUT2D eigenvalue weighted by atomic mass is 79.9. The van der Waals surface area contributed by atoms with Crippen LogP contribution in [0.15, 0.2) is 15.5 Å². The molecular formula is C11H18BrN5O. The number of rotatable bonds is 4. The van der Waals surface area contributed by atoms with Gasteiger partial charge in [0.05, 0.1) is 11.9 Å². The first-order valence-corrected chi connectivity index (χ1v) is 6.84. The molecule has 7 heteroatoms. The summed E-state index contributed by atoms with van der Waals surface area (Å²) in [5.41, 5.74) is 0.535. The van der Waals surface area contributed by atoms with Gasteiger partial charge in [0, 0.05) is 39.3 Å². The average Bonchev–Trinajstić information content (AvgIpc) is 2.37. The number of nitrogens with one attached hydrogen (secondary N) is 2. The molecule has 6 nitrogen and oxygen atoms in total. The fourth-order valence-electron chi connectivity index (χ4n) is 1.93. The second-order valence-electron chi connectivity index (χ2n) is 4.50. The molecular weight excluding hydrogens is 298 g/mol. The Hall–Kier alpha value is -0.920. The van der Waals surface area contributed by atoms with Gasteiger partial charge in [0.25, 0.3) is 5.56 Å². The Morgan fingerprint density at radius 1 is 1.44 bits per heavy atom. The van der Waals surface area contributed by atoms with E-state index in [4.69, 9.17) is 0 Å². The minimum Gasteiger partial charge on any atom is -0.381 e. The Labute approximate surface area is 114 Å². The molecule has 1 fully saturated rings. The van der Waals surface area contributed by atoms with Crippen LogP contribution < -0.4 is 10.9 Å². The minimum absolute atomic E-state index is 0.209. The molecule has 0 unspecified atom stereocenters. The van der Waals surface area contributed by atoms with Crippen molar-refractivity contribution in [2.45, 2.75) is 0 Å². The van der Waals surface area contributed by atoms with Crippen molar-refractivity contribution < 1.29 is 0 Å². The summed E-state index contributed by atoms with van der Waals surface area (Å²) in [4.78, 5) is 16.1. The number of nitrogens with zero attached hydrogens (tertiary/aromatic N) is 3. The Morgan fingerprint density at radius 3 is 2.89 bits per heavy atom. The van der Waals surface area contributed by atoms with Crippen molar-refractivity contribution in [1.82, 2.24) is 20.0 Å². The second kappa shape index (κ2) is 6.31. The smallest absolute Gasteiger partial charge is 0.280 e. The van der Waals surface area contributed by atoms with E-state index in [1.165, 1.54) is 0 Å². The molecule has 2 heterocycles. The summed E-state index contributed by atoms with van der Waals surface area (Å²) in [5.74, 6) is 0. The lowest BCUT2D eigenvalue weighted by Crippen LogP contribution is -2.45. The van der Waals surface area contributed by atoms with Crippen molar-refractivity contribution in [2.75, 3.05) is 51.6 Å². The summed E-state index contributed by atoms with van der Waals surface area (Å²) in [6, 6.07) is 0. The van der Waals surface area contributed by atoms with Crippen molar-refractivity contribution in [1.29, 1.82) is 0 Å². The van der Waals surface area contributed by atoms with Crippen LogP contribution in [0.25, 0.3) is 0 Å². The first-order chi connectivity index (χ1) is 8.66. The molecule has 0 aromatic carbocycles. The third kappa shape index (κ3) is 3.54. The molecule has 1 aromatic rings. The van der Waals surface area contributed by atoms with Gasteiger partial charge in [-0.25, -0.2) is 5.10 Å². The summed E-state index contributed by atoms with van der Waals surface area (Å²) in [6.45, 7) is 6.24. The van der Waals surface area contributed by atoms with E-state index in [0.717, 1.165) is 45.0 Å². The van der Waals surface area contributed by atoms with Gasteiger partial charge in [0.15, 0.2) is 0 Å². The van der Waals surface area contributed by atoms with Gasteiger partial charge in [0.1, 0.15) is 4.47 Å². The lowest BCUT2D eigenvalue weighted by atomic mass is 10.3. The number of likely N-dealkylation sites (N-methyl/N-ethyl adjacent to an activating group) is 1. The number of H-pyrrole nitrogens is 1. The van der Waals surface area contributed by atoms with Crippen LogP contribution in [0.1, 0.15) is 0 Å². The van der Waals surface area contributed by atoms with Crippen LogP contribution in [0, 0.1) is 0 Å². The average molecular weight is 316 g/mol. The van der Waals surface area contributed by atoms with E-state index in [2.05, 4.69) is 48.3 Å². The summed E-state index contributed by atoms with van der Waals surface area (Å²) >= 11 is 3.25. The predicted molar refractivity (Wildman–Crippen MR) is 75.0 cm³/mol. The number of hydrogen-bond acceptors (Lipinski definition) is 5. The van der Waals surface area contributed by atoms with Gasteiger partial charge < -0.3 is 10.2 Å². The molecule has 0 atom stereocenters. The molecule has 0 spiro atoms. The van der Waals surface area contributed by atoms with Crippen molar-refractivity contribution in [3.8, 4) is 0 Å². The molecule has 2 N–H and O–H groups in total. The monoisotopic (exact) mass is 315 g/mol. The molecule has 0 amide bonds. The molecule has 2 rings (SSSR count). The number of piperazine rings is 1. The quantitative estimate of drug-likeness (QED) is 0.830. The summed E-state index contributed by atoms with van der Waals surface area (Å²) in [6.07, 6.45) is 1.62. The first kappa shape index (κ1) is 13.5. The van der Waals surface area contributed by atoms with Crippen LogP contribution in [0.4, 0.5) is 5.69 Å². The molecule has 100 valence electrons. The van der Waals surface area contributed by atoms with Crippen molar-refractivity contribution in [3.63, 3.8) is 0 Å². The Morgan fingerprint density at radius 2 is 2.17 bits per heavy atom. The maximum atomic E-state index is 11.3. The van der Waals surface area contributed by atoms with E-state index in [1.54, 1.807) is 6.20 Å². The minimum atomic E-state index is -0.209. The van der Waals surface area contributed by atoms with Gasteiger partial charge in [-0.3, -0.25) is 9.69 Å². The van der Waals surface area contributed by atoms with E-state index >= 15 is 0 Å². The standard InChI is InChI=1S/C11H18BrN5O/c1-16-4-6-17(7-5-16)3-2-13-9-8-14-15-11(18)10(9)12/h8H,2-7H2,1H3,(H2,13,15,18). The molecule has 0 radical (unpaired) electrons. The van der Waals surface area contributed by atoms with E-state index in [9.17, 15) is 4.79 Å². The number of hydrogen-bond donors (Lipinski definition) is 2. The van der Waals surface area contributed by atoms with E-state index < -0.39 is 0 Å². The van der Waals surface area contributed by atoms with Crippen LogP contribution in [-0.4, -0.2) is 66.3 Å². The van der Waals surface area contributed by atoms with Gasteiger partial charge >= 0.3 is 0 Å². The third-order valence-corrected chi connectivity index (χ3v) is 3.92.